The van der Waals surface area contributed by atoms with Crippen molar-refractivity contribution >= 4 is 11.6 Å². The van der Waals surface area contributed by atoms with Crippen molar-refractivity contribution in [3.05, 3.63) is 60.2 Å². The number of carbonyl (C=O) groups is 1. The Hall–Kier alpha value is -2.33. The molecule has 0 spiro atoms. The lowest BCUT2D eigenvalue weighted by Crippen LogP contribution is -2.88. The lowest BCUT2D eigenvalue weighted by Gasteiger charge is -2.19. The molecule has 0 fully saturated rings. The molecule has 0 saturated carbocycles. The highest BCUT2D eigenvalue weighted by Crippen LogP contribution is 2.17. The van der Waals surface area contributed by atoms with Gasteiger partial charge in [-0.05, 0) is 12.1 Å². The minimum Gasteiger partial charge on any atom is -0.497 e. The van der Waals surface area contributed by atoms with Gasteiger partial charge in [-0.1, -0.05) is 50.2 Å². The van der Waals surface area contributed by atoms with Crippen LogP contribution in [0.2, 0.25) is 0 Å². The van der Waals surface area contributed by atoms with E-state index in [2.05, 4.69) is 36.6 Å². The number of nitrogens with one attached hydrogen (secondary N) is 1. The zero-order valence-corrected chi connectivity index (χ0v) is 14.0. The average molecular weight is 313 g/mol. The normalized spacial score (nSPS) is 12.0. The van der Waals surface area contributed by atoms with Crippen LogP contribution >= 0.6 is 0 Å². The van der Waals surface area contributed by atoms with Crippen molar-refractivity contribution in [2.75, 3.05) is 19.0 Å². The Bertz CT molecular complexity index is 626. The summed E-state index contributed by atoms with van der Waals surface area (Å²) in [6.07, 6.45) is 0. The fourth-order valence-electron chi connectivity index (χ4n) is 2.62. The monoisotopic (exact) mass is 313 g/mol. The highest BCUT2D eigenvalue weighted by Gasteiger charge is 2.20. The Kier molecular flexibility index (Phi) is 6.18. The third-order valence-electron chi connectivity index (χ3n) is 3.81. The maximum absolute atomic E-state index is 12.2. The number of hydrogen-bond acceptors (Lipinski definition) is 2. The van der Waals surface area contributed by atoms with Crippen LogP contribution < -0.4 is 15.4 Å². The van der Waals surface area contributed by atoms with Crippen molar-refractivity contribution < 1.29 is 14.8 Å². The molecule has 0 unspecified atom stereocenters. The van der Waals surface area contributed by atoms with E-state index in [1.165, 1.54) is 5.56 Å². The lowest BCUT2D eigenvalue weighted by atomic mass is 9.96. The number of methoxy groups -OCH3 is 1. The third kappa shape index (κ3) is 5.11. The van der Waals surface area contributed by atoms with Crippen LogP contribution in [-0.4, -0.2) is 19.6 Å². The number of ether oxygens (including phenoxy) is 1. The topological polar surface area (TPSA) is 54.9 Å². The molecule has 0 aliphatic heterocycles. The second-order valence-corrected chi connectivity index (χ2v) is 5.90. The van der Waals surface area contributed by atoms with Gasteiger partial charge < -0.3 is 15.4 Å². The van der Waals surface area contributed by atoms with Gasteiger partial charge in [-0.2, -0.15) is 0 Å². The Morgan fingerprint density at radius 1 is 1.13 bits per heavy atom. The van der Waals surface area contributed by atoms with E-state index in [0.29, 0.717) is 12.5 Å². The number of anilines is 1. The standard InChI is InChI=1S/C19H24N2O2/c1-14(2)19(15-8-5-4-6-9-15)20-13-18(22)21-16-10-7-11-17(12-16)23-3/h4-12,14,19-20H,13H2,1-3H3,(H,21,22)/p+1/t19-/m0/s1. The Balaban J connectivity index is 1.94. The molecule has 4 heteroatoms. The molecule has 2 aromatic rings. The van der Waals surface area contributed by atoms with Crippen LogP contribution in [0, 0.1) is 5.92 Å². The zero-order valence-electron chi connectivity index (χ0n) is 14.0. The van der Waals surface area contributed by atoms with Crippen molar-refractivity contribution in [2.24, 2.45) is 5.92 Å². The van der Waals surface area contributed by atoms with Gasteiger partial charge in [-0.3, -0.25) is 4.79 Å². The van der Waals surface area contributed by atoms with Gasteiger partial charge in [-0.25, -0.2) is 0 Å². The number of benzene rings is 2. The van der Waals surface area contributed by atoms with Gasteiger partial charge in [-0.15, -0.1) is 0 Å². The van der Waals surface area contributed by atoms with Crippen molar-refractivity contribution in [3.63, 3.8) is 0 Å². The van der Waals surface area contributed by atoms with E-state index < -0.39 is 0 Å². The molecule has 0 radical (unpaired) electrons. The molecular formula is C19H25N2O2+. The number of rotatable bonds is 7. The van der Waals surface area contributed by atoms with Crippen LogP contribution in [0.15, 0.2) is 54.6 Å². The summed E-state index contributed by atoms with van der Waals surface area (Å²) in [5.74, 6) is 1.16. The number of hydrogen-bond donors (Lipinski definition) is 2. The van der Waals surface area contributed by atoms with Crippen LogP contribution in [-0.2, 0) is 4.79 Å². The van der Waals surface area contributed by atoms with Gasteiger partial charge in [0.1, 0.15) is 11.8 Å². The van der Waals surface area contributed by atoms with E-state index >= 15 is 0 Å². The Morgan fingerprint density at radius 2 is 1.87 bits per heavy atom. The average Bonchev–Trinajstić information content (AvgIpc) is 2.56. The Labute approximate surface area is 137 Å². The molecule has 0 aliphatic rings. The van der Waals surface area contributed by atoms with Crippen molar-refractivity contribution in [3.8, 4) is 5.75 Å². The van der Waals surface area contributed by atoms with E-state index in [0.717, 1.165) is 11.4 Å². The van der Waals surface area contributed by atoms with E-state index in [-0.39, 0.29) is 11.9 Å². The molecule has 1 amide bonds. The van der Waals surface area contributed by atoms with Gasteiger partial charge in [0.25, 0.3) is 5.91 Å². The molecule has 122 valence electrons. The highest BCUT2D eigenvalue weighted by molar-refractivity contribution is 5.91. The first-order valence-electron chi connectivity index (χ1n) is 7.92. The van der Waals surface area contributed by atoms with Crippen LogP contribution in [0.1, 0.15) is 25.5 Å². The maximum atomic E-state index is 12.2. The molecule has 0 saturated heterocycles. The summed E-state index contributed by atoms with van der Waals surface area (Å²) in [4.78, 5) is 12.2. The first-order valence-corrected chi connectivity index (χ1v) is 7.92. The summed E-state index contributed by atoms with van der Waals surface area (Å²) in [5, 5.41) is 5.00. The molecule has 0 bridgehead atoms. The van der Waals surface area contributed by atoms with Crippen LogP contribution in [0.4, 0.5) is 5.69 Å². The predicted octanol–water partition coefficient (Wildman–Crippen LogP) is 2.59. The number of nitrogens with two attached hydrogens (primary N) is 1. The quantitative estimate of drug-likeness (QED) is 0.825. The minimum atomic E-state index is -0.0140. The van der Waals surface area contributed by atoms with E-state index in [4.69, 9.17) is 4.74 Å². The van der Waals surface area contributed by atoms with Gasteiger partial charge in [0.15, 0.2) is 6.54 Å². The second-order valence-electron chi connectivity index (χ2n) is 5.90. The molecule has 3 N–H and O–H groups in total. The molecule has 2 rings (SSSR count). The first-order chi connectivity index (χ1) is 11.1. The largest absolute Gasteiger partial charge is 0.497 e. The van der Waals surface area contributed by atoms with Crippen LogP contribution in [0.3, 0.4) is 0 Å². The molecule has 4 nitrogen and oxygen atoms in total. The van der Waals surface area contributed by atoms with E-state index in [9.17, 15) is 4.79 Å². The molecule has 0 heterocycles. The highest BCUT2D eigenvalue weighted by atomic mass is 16.5. The zero-order chi connectivity index (χ0) is 16.7. The summed E-state index contributed by atoms with van der Waals surface area (Å²) in [6.45, 7) is 4.73. The molecular weight excluding hydrogens is 288 g/mol. The number of quaternary nitrogens is 1. The fourth-order valence-corrected chi connectivity index (χ4v) is 2.62. The third-order valence-corrected chi connectivity index (χ3v) is 3.81. The smallest absolute Gasteiger partial charge is 0.279 e. The molecule has 2 aromatic carbocycles. The number of carbonyl (C=O) groups excluding carboxylic acids is 1. The van der Waals surface area contributed by atoms with Gasteiger partial charge in [0.05, 0.1) is 7.11 Å². The van der Waals surface area contributed by atoms with Gasteiger partial charge >= 0.3 is 0 Å². The maximum Gasteiger partial charge on any atom is 0.279 e. The van der Waals surface area contributed by atoms with Crippen molar-refractivity contribution in [1.29, 1.82) is 0 Å². The van der Waals surface area contributed by atoms with E-state index in [1.807, 2.05) is 42.5 Å². The molecule has 1 atom stereocenters. The summed E-state index contributed by atoms with van der Waals surface area (Å²) >= 11 is 0. The SMILES string of the molecule is COc1cccc(NC(=O)C[NH2+][C@H](c2ccccc2)C(C)C)c1. The van der Waals surface area contributed by atoms with Crippen LogP contribution in [0.5, 0.6) is 5.75 Å². The minimum absolute atomic E-state index is 0.0140. The van der Waals surface area contributed by atoms with E-state index in [1.54, 1.807) is 7.11 Å². The summed E-state index contributed by atoms with van der Waals surface area (Å²) < 4.78 is 5.16. The first kappa shape index (κ1) is 17.0. The predicted molar refractivity (Wildman–Crippen MR) is 92.4 cm³/mol. The summed E-state index contributed by atoms with van der Waals surface area (Å²) in [5.41, 5.74) is 2.00. The van der Waals surface area contributed by atoms with Crippen molar-refractivity contribution in [1.82, 2.24) is 0 Å². The molecule has 0 aliphatic carbocycles. The van der Waals surface area contributed by atoms with Gasteiger partial charge in [0.2, 0.25) is 0 Å². The lowest BCUT2D eigenvalue weighted by molar-refractivity contribution is -0.692. The molecule has 0 aromatic heterocycles. The Morgan fingerprint density at radius 3 is 2.52 bits per heavy atom. The van der Waals surface area contributed by atoms with Crippen LogP contribution in [0.25, 0.3) is 0 Å². The number of amides is 1. The van der Waals surface area contributed by atoms with Gasteiger partial charge in [0, 0.05) is 23.2 Å². The summed E-state index contributed by atoms with van der Waals surface area (Å²) in [7, 11) is 1.61. The van der Waals surface area contributed by atoms with Crippen molar-refractivity contribution in [2.45, 2.75) is 19.9 Å². The second kappa shape index (κ2) is 8.34. The fraction of sp³-hybridized carbons (Fsp3) is 0.316. The summed E-state index contributed by atoms with van der Waals surface area (Å²) in [6, 6.07) is 18.0. The molecule has 23 heavy (non-hydrogen) atoms.